The number of fused-ring (bicyclic) bond motifs is 1. The van der Waals surface area contributed by atoms with E-state index in [4.69, 9.17) is 19.9 Å². The third-order valence-corrected chi connectivity index (χ3v) is 9.37. The topological polar surface area (TPSA) is 137 Å². The number of thiophene rings is 1. The molecule has 3 N–H and O–H groups in total. The van der Waals surface area contributed by atoms with E-state index in [1.54, 1.807) is 6.92 Å². The van der Waals surface area contributed by atoms with Gasteiger partial charge in [0, 0.05) is 30.0 Å². The zero-order chi connectivity index (χ0) is 26.2. The molecule has 0 spiro atoms. The van der Waals surface area contributed by atoms with Crippen LogP contribution in [0.25, 0.3) is 0 Å². The summed E-state index contributed by atoms with van der Waals surface area (Å²) < 4.78 is 43.1. The Balaban J connectivity index is 1.35. The highest BCUT2D eigenvalue weighted by molar-refractivity contribution is 7.89. The molecular formula is C25H25N3O7S2. The number of nitrogens with one attached hydrogen (secondary N) is 1. The molecule has 0 unspecified atom stereocenters. The largest absolute Gasteiger partial charge is 0.454 e. The molecule has 3 aromatic rings. The Kier molecular flexibility index (Phi) is 6.90. The Hall–Kier alpha value is -3.45. The Morgan fingerprint density at radius 2 is 1.76 bits per heavy atom. The van der Waals surface area contributed by atoms with Crippen molar-refractivity contribution in [3.8, 4) is 11.5 Å². The molecule has 2 aromatic carbocycles. The Labute approximate surface area is 218 Å². The molecule has 10 nitrogen and oxygen atoms in total. The minimum Gasteiger partial charge on any atom is -0.454 e. The zero-order valence-electron chi connectivity index (χ0n) is 20.0. The van der Waals surface area contributed by atoms with Crippen LogP contribution in [0, 0.1) is 6.92 Å². The number of hydrogen-bond donors (Lipinski definition) is 2. The quantitative estimate of drug-likeness (QED) is 0.467. The van der Waals surface area contributed by atoms with Crippen molar-refractivity contribution in [2.24, 2.45) is 5.73 Å². The van der Waals surface area contributed by atoms with Gasteiger partial charge in [-0.05, 0) is 54.4 Å². The summed E-state index contributed by atoms with van der Waals surface area (Å²) in [5, 5.41) is 3.12. The third-order valence-electron chi connectivity index (χ3n) is 6.25. The lowest BCUT2D eigenvalue weighted by atomic mass is 10.1. The maximum absolute atomic E-state index is 13.0. The van der Waals surface area contributed by atoms with Crippen LogP contribution < -0.4 is 20.5 Å². The first-order valence-electron chi connectivity index (χ1n) is 11.5. The lowest BCUT2D eigenvalue weighted by Crippen LogP contribution is -2.40. The average Bonchev–Trinajstić information content (AvgIpc) is 3.48. The molecule has 0 radical (unpaired) electrons. The predicted octanol–water partition coefficient (Wildman–Crippen LogP) is 2.75. The van der Waals surface area contributed by atoms with Gasteiger partial charge in [-0.1, -0.05) is 6.07 Å². The molecule has 12 heteroatoms. The van der Waals surface area contributed by atoms with Crippen LogP contribution >= 0.6 is 11.3 Å². The molecule has 2 amide bonds. The second kappa shape index (κ2) is 10.1. The Bertz CT molecular complexity index is 1460. The van der Waals surface area contributed by atoms with Crippen LogP contribution in [0.5, 0.6) is 11.5 Å². The predicted molar refractivity (Wildman–Crippen MR) is 137 cm³/mol. The normalized spacial score (nSPS) is 15.5. The van der Waals surface area contributed by atoms with Gasteiger partial charge < -0.3 is 25.3 Å². The molecular weight excluding hydrogens is 518 g/mol. The van der Waals surface area contributed by atoms with Gasteiger partial charge in [0.1, 0.15) is 5.00 Å². The van der Waals surface area contributed by atoms with E-state index < -0.39 is 21.8 Å². The summed E-state index contributed by atoms with van der Waals surface area (Å²) in [4.78, 5) is 26.2. The highest BCUT2D eigenvalue weighted by Gasteiger charge is 2.27. The number of nitrogens with zero attached hydrogens (tertiary/aromatic N) is 1. The molecule has 194 valence electrons. The summed E-state index contributed by atoms with van der Waals surface area (Å²) in [5.41, 5.74) is 7.80. The fourth-order valence-corrected chi connectivity index (χ4v) is 6.89. The number of anilines is 1. The number of amides is 2. The minimum absolute atomic E-state index is 0.0988. The van der Waals surface area contributed by atoms with Gasteiger partial charge in [-0.2, -0.15) is 4.31 Å². The minimum atomic E-state index is -3.67. The van der Waals surface area contributed by atoms with Gasteiger partial charge in [-0.3, -0.25) is 9.59 Å². The molecule has 1 fully saturated rings. The smallest absolute Gasteiger partial charge is 0.256 e. The van der Waals surface area contributed by atoms with Crippen molar-refractivity contribution >= 4 is 38.2 Å². The summed E-state index contributed by atoms with van der Waals surface area (Å²) >= 11 is 1.27. The van der Waals surface area contributed by atoms with Gasteiger partial charge in [-0.15, -0.1) is 11.3 Å². The van der Waals surface area contributed by atoms with Gasteiger partial charge in [0.25, 0.3) is 11.8 Å². The lowest BCUT2D eigenvalue weighted by molar-refractivity contribution is 0.0730. The van der Waals surface area contributed by atoms with Gasteiger partial charge >= 0.3 is 0 Å². The summed E-state index contributed by atoms with van der Waals surface area (Å²) in [7, 11) is -3.67. The number of hydrogen-bond acceptors (Lipinski definition) is 8. The molecule has 5 rings (SSSR count). The number of primary amides is 1. The van der Waals surface area contributed by atoms with Crippen molar-refractivity contribution in [1.82, 2.24) is 4.31 Å². The number of rotatable bonds is 7. The van der Waals surface area contributed by atoms with Crippen molar-refractivity contribution < 1.29 is 32.2 Å². The van der Waals surface area contributed by atoms with Crippen molar-refractivity contribution in [1.29, 1.82) is 0 Å². The summed E-state index contributed by atoms with van der Waals surface area (Å²) in [5.74, 6) is 0.220. The van der Waals surface area contributed by atoms with E-state index in [1.807, 2.05) is 18.2 Å². The number of nitrogens with two attached hydrogens (primary N) is 1. The second-order valence-corrected chi connectivity index (χ2v) is 11.6. The average molecular weight is 544 g/mol. The van der Waals surface area contributed by atoms with Gasteiger partial charge in [0.2, 0.25) is 16.8 Å². The first-order valence-corrected chi connectivity index (χ1v) is 13.8. The van der Waals surface area contributed by atoms with Crippen molar-refractivity contribution in [2.75, 3.05) is 38.4 Å². The first kappa shape index (κ1) is 25.2. The molecule has 37 heavy (non-hydrogen) atoms. The monoisotopic (exact) mass is 543 g/mol. The first-order chi connectivity index (χ1) is 17.7. The molecule has 2 aliphatic heterocycles. The van der Waals surface area contributed by atoms with Crippen LogP contribution in [0.2, 0.25) is 0 Å². The number of benzene rings is 2. The standard InChI is InChI=1S/C25H25N3O7S2/c1-15-21(13-16-2-7-19-20(12-16)35-14-34-19)36-25(22(15)23(26)29)27-24(30)17-3-5-18(6-4-17)37(31,32)28-8-10-33-11-9-28/h2-7,12H,8-11,13-14H2,1H3,(H2,26,29)(H,27,30). The van der Waals surface area contributed by atoms with Crippen LogP contribution in [0.4, 0.5) is 5.00 Å². The van der Waals surface area contributed by atoms with E-state index in [1.165, 1.54) is 39.9 Å². The van der Waals surface area contributed by atoms with E-state index in [9.17, 15) is 18.0 Å². The fourth-order valence-electron chi connectivity index (χ4n) is 4.24. The van der Waals surface area contributed by atoms with Crippen LogP contribution in [0.15, 0.2) is 47.4 Å². The van der Waals surface area contributed by atoms with E-state index in [0.717, 1.165) is 10.4 Å². The lowest BCUT2D eigenvalue weighted by Gasteiger charge is -2.26. The van der Waals surface area contributed by atoms with Gasteiger partial charge in [0.15, 0.2) is 11.5 Å². The molecule has 0 saturated carbocycles. The number of carbonyl (C=O) groups excluding carboxylic acids is 2. The maximum atomic E-state index is 13.0. The van der Waals surface area contributed by atoms with Crippen molar-refractivity contribution in [3.05, 3.63) is 69.6 Å². The molecule has 3 heterocycles. The number of ether oxygens (including phenoxy) is 3. The van der Waals surface area contributed by atoms with E-state index in [2.05, 4.69) is 5.32 Å². The third kappa shape index (κ3) is 5.05. The second-order valence-electron chi connectivity index (χ2n) is 8.58. The summed E-state index contributed by atoms with van der Waals surface area (Å²) in [6, 6.07) is 11.3. The number of morpholine rings is 1. The van der Waals surface area contributed by atoms with Crippen LogP contribution in [0.1, 0.15) is 36.7 Å². The van der Waals surface area contributed by atoms with Crippen molar-refractivity contribution in [2.45, 2.75) is 18.2 Å². The summed E-state index contributed by atoms with van der Waals surface area (Å²) in [6.07, 6.45) is 0.511. The maximum Gasteiger partial charge on any atom is 0.256 e. The fraction of sp³-hybridized carbons (Fsp3) is 0.280. The van der Waals surface area contributed by atoms with E-state index in [0.29, 0.717) is 41.7 Å². The molecule has 1 aromatic heterocycles. The Morgan fingerprint density at radius 1 is 1.05 bits per heavy atom. The van der Waals surface area contributed by atoms with E-state index in [-0.39, 0.29) is 35.9 Å². The van der Waals surface area contributed by atoms with Gasteiger partial charge in [0.05, 0.1) is 23.7 Å². The molecule has 0 atom stereocenters. The summed E-state index contributed by atoms with van der Waals surface area (Å²) in [6.45, 7) is 3.23. The van der Waals surface area contributed by atoms with Crippen LogP contribution in [-0.4, -0.2) is 57.6 Å². The highest BCUT2D eigenvalue weighted by Crippen LogP contribution is 2.37. The molecule has 0 bridgehead atoms. The highest BCUT2D eigenvalue weighted by atomic mass is 32.2. The van der Waals surface area contributed by atoms with Crippen LogP contribution in [-0.2, 0) is 21.2 Å². The molecule has 2 aliphatic rings. The zero-order valence-corrected chi connectivity index (χ0v) is 21.6. The van der Waals surface area contributed by atoms with Gasteiger partial charge in [-0.25, -0.2) is 8.42 Å². The SMILES string of the molecule is Cc1c(Cc2ccc3c(c2)OCO3)sc(NC(=O)c2ccc(S(=O)(=O)N3CCOCC3)cc2)c1C(N)=O. The number of sulfonamides is 1. The van der Waals surface area contributed by atoms with Crippen LogP contribution in [0.3, 0.4) is 0 Å². The Morgan fingerprint density at radius 3 is 2.46 bits per heavy atom. The van der Waals surface area contributed by atoms with Crippen molar-refractivity contribution in [3.63, 3.8) is 0 Å². The molecule has 0 aliphatic carbocycles. The molecule has 1 saturated heterocycles. The van der Waals surface area contributed by atoms with E-state index >= 15 is 0 Å². The number of carbonyl (C=O) groups is 2.